The molecule has 1 saturated heterocycles. The molecule has 1 aliphatic heterocycles. The highest BCUT2D eigenvalue weighted by Gasteiger charge is 2.25. The van der Waals surface area contributed by atoms with Gasteiger partial charge in [0.2, 0.25) is 11.8 Å². The predicted molar refractivity (Wildman–Crippen MR) is 106 cm³/mol. The van der Waals surface area contributed by atoms with Crippen LogP contribution in [0.3, 0.4) is 0 Å². The van der Waals surface area contributed by atoms with Crippen LogP contribution in [-0.2, 0) is 16.0 Å². The maximum absolute atomic E-state index is 14.1. The SMILES string of the molecule is Cc1cc(F)cc2c(CCC(=O)N[C@H]3CCNC3=O)c(-c3ccc(F)cc3)[nH]c12. The van der Waals surface area contributed by atoms with Crippen LogP contribution in [0.25, 0.3) is 22.2 Å². The molecule has 2 aromatic carbocycles. The van der Waals surface area contributed by atoms with Crippen LogP contribution in [0, 0.1) is 18.6 Å². The molecule has 1 fully saturated rings. The summed E-state index contributed by atoms with van der Waals surface area (Å²) >= 11 is 0. The molecule has 0 unspecified atom stereocenters. The molecule has 1 aromatic heterocycles. The van der Waals surface area contributed by atoms with E-state index in [1.165, 1.54) is 24.3 Å². The average Bonchev–Trinajstić information content (AvgIpc) is 3.24. The molecule has 29 heavy (non-hydrogen) atoms. The first kappa shape index (κ1) is 19.1. The fraction of sp³-hybridized carbons (Fsp3) is 0.273. The van der Waals surface area contributed by atoms with Crippen LogP contribution in [0.2, 0.25) is 0 Å². The molecule has 7 heteroatoms. The number of carbonyl (C=O) groups excluding carboxylic acids is 2. The number of halogens is 2. The summed E-state index contributed by atoms with van der Waals surface area (Å²) in [6.45, 7) is 2.37. The van der Waals surface area contributed by atoms with Gasteiger partial charge in [0.1, 0.15) is 17.7 Å². The van der Waals surface area contributed by atoms with Crippen molar-refractivity contribution in [1.29, 1.82) is 0 Å². The topological polar surface area (TPSA) is 74.0 Å². The number of aryl methyl sites for hydroxylation is 2. The summed E-state index contributed by atoms with van der Waals surface area (Å²) in [4.78, 5) is 27.3. The number of aromatic nitrogens is 1. The smallest absolute Gasteiger partial charge is 0.242 e. The molecule has 0 spiro atoms. The predicted octanol–water partition coefficient (Wildman–Crippen LogP) is 3.36. The van der Waals surface area contributed by atoms with Gasteiger partial charge in [0.25, 0.3) is 0 Å². The molecule has 0 aliphatic carbocycles. The third kappa shape index (κ3) is 3.85. The highest BCUT2D eigenvalue weighted by molar-refractivity contribution is 5.94. The van der Waals surface area contributed by atoms with Crippen molar-refractivity contribution in [3.05, 3.63) is 59.2 Å². The Kier molecular flexibility index (Phi) is 5.05. The average molecular weight is 397 g/mol. The zero-order chi connectivity index (χ0) is 20.5. The number of H-pyrrole nitrogens is 1. The number of carbonyl (C=O) groups is 2. The van der Waals surface area contributed by atoms with E-state index in [9.17, 15) is 18.4 Å². The lowest BCUT2D eigenvalue weighted by atomic mass is 10.00. The Hall–Kier alpha value is -3.22. The Bertz CT molecular complexity index is 1090. The summed E-state index contributed by atoms with van der Waals surface area (Å²) in [5.74, 6) is -1.11. The molecule has 1 atom stereocenters. The minimum absolute atomic E-state index is 0.153. The summed E-state index contributed by atoms with van der Waals surface area (Å²) < 4.78 is 27.4. The van der Waals surface area contributed by atoms with Crippen molar-refractivity contribution < 1.29 is 18.4 Å². The molecule has 150 valence electrons. The van der Waals surface area contributed by atoms with Gasteiger partial charge in [-0.1, -0.05) is 0 Å². The molecule has 0 bridgehead atoms. The minimum atomic E-state index is -0.498. The van der Waals surface area contributed by atoms with Gasteiger partial charge in [-0.05, 0) is 72.9 Å². The van der Waals surface area contributed by atoms with Gasteiger partial charge < -0.3 is 15.6 Å². The van der Waals surface area contributed by atoms with E-state index in [1.54, 1.807) is 12.1 Å². The third-order valence-corrected chi connectivity index (χ3v) is 5.30. The fourth-order valence-electron chi connectivity index (χ4n) is 3.84. The van der Waals surface area contributed by atoms with Crippen molar-refractivity contribution in [1.82, 2.24) is 15.6 Å². The van der Waals surface area contributed by atoms with E-state index < -0.39 is 6.04 Å². The standard InChI is InChI=1S/C22H21F2N3O2/c1-12-10-15(24)11-17-16(6-7-19(28)26-18-8-9-25-22(18)29)21(27-20(12)17)13-2-4-14(23)5-3-13/h2-5,10-11,18,27H,6-9H2,1H3,(H,25,29)(H,26,28)/t18-/m0/s1. The van der Waals surface area contributed by atoms with E-state index in [1.807, 2.05) is 6.92 Å². The quantitative estimate of drug-likeness (QED) is 0.618. The Balaban J connectivity index is 1.65. The second-order valence-electron chi connectivity index (χ2n) is 7.33. The molecular formula is C22H21F2N3O2. The Morgan fingerprint density at radius 3 is 2.62 bits per heavy atom. The van der Waals surface area contributed by atoms with Crippen LogP contribution in [0.5, 0.6) is 0 Å². The number of hydrogen-bond donors (Lipinski definition) is 3. The monoisotopic (exact) mass is 397 g/mol. The molecule has 0 saturated carbocycles. The molecule has 3 N–H and O–H groups in total. The van der Waals surface area contributed by atoms with E-state index in [-0.39, 0.29) is 29.9 Å². The maximum atomic E-state index is 14.1. The Morgan fingerprint density at radius 2 is 1.93 bits per heavy atom. The molecule has 2 heterocycles. The van der Waals surface area contributed by atoms with Gasteiger partial charge in [-0.15, -0.1) is 0 Å². The van der Waals surface area contributed by atoms with Gasteiger partial charge in [0, 0.05) is 29.6 Å². The van der Waals surface area contributed by atoms with Gasteiger partial charge in [-0.3, -0.25) is 9.59 Å². The Labute approximate surface area is 166 Å². The van der Waals surface area contributed by atoms with E-state index in [0.717, 1.165) is 27.9 Å². The summed E-state index contributed by atoms with van der Waals surface area (Å²) in [6, 6.07) is 8.43. The van der Waals surface area contributed by atoms with Gasteiger partial charge >= 0.3 is 0 Å². The maximum Gasteiger partial charge on any atom is 0.242 e. The first-order valence-electron chi connectivity index (χ1n) is 9.56. The highest BCUT2D eigenvalue weighted by Crippen LogP contribution is 2.33. The first-order valence-corrected chi connectivity index (χ1v) is 9.56. The number of nitrogens with one attached hydrogen (secondary N) is 3. The molecule has 1 aliphatic rings. The second kappa shape index (κ2) is 7.66. The van der Waals surface area contributed by atoms with Crippen LogP contribution in [0.1, 0.15) is 24.0 Å². The first-order chi connectivity index (χ1) is 13.9. The zero-order valence-corrected chi connectivity index (χ0v) is 15.9. The van der Waals surface area contributed by atoms with Crippen LogP contribution >= 0.6 is 0 Å². The van der Waals surface area contributed by atoms with Gasteiger partial charge in [0.05, 0.1) is 0 Å². The van der Waals surface area contributed by atoms with Crippen molar-refractivity contribution in [2.24, 2.45) is 0 Å². The van der Waals surface area contributed by atoms with E-state index in [2.05, 4.69) is 15.6 Å². The van der Waals surface area contributed by atoms with Gasteiger partial charge in [0.15, 0.2) is 0 Å². The third-order valence-electron chi connectivity index (χ3n) is 5.30. The summed E-state index contributed by atoms with van der Waals surface area (Å²) in [5, 5.41) is 6.13. The molecular weight excluding hydrogens is 376 g/mol. The van der Waals surface area contributed by atoms with E-state index in [0.29, 0.717) is 24.8 Å². The van der Waals surface area contributed by atoms with Crippen molar-refractivity contribution in [2.45, 2.75) is 32.2 Å². The van der Waals surface area contributed by atoms with Gasteiger partial charge in [-0.25, -0.2) is 8.78 Å². The van der Waals surface area contributed by atoms with Crippen LogP contribution < -0.4 is 10.6 Å². The van der Waals surface area contributed by atoms with Crippen molar-refractivity contribution in [3.8, 4) is 11.3 Å². The normalized spacial score (nSPS) is 16.2. The lowest BCUT2D eigenvalue weighted by molar-refractivity contribution is -0.127. The molecule has 3 aromatic rings. The fourth-order valence-corrected chi connectivity index (χ4v) is 3.84. The van der Waals surface area contributed by atoms with Crippen LogP contribution in [0.4, 0.5) is 8.78 Å². The highest BCUT2D eigenvalue weighted by atomic mass is 19.1. The molecule has 0 radical (unpaired) electrons. The lowest BCUT2D eigenvalue weighted by Crippen LogP contribution is -2.40. The molecule has 4 rings (SSSR count). The second-order valence-corrected chi connectivity index (χ2v) is 7.33. The number of rotatable bonds is 5. The minimum Gasteiger partial charge on any atom is -0.354 e. The summed E-state index contributed by atoms with van der Waals surface area (Å²) in [5.41, 5.74) is 3.83. The number of aromatic amines is 1. The molecule has 5 nitrogen and oxygen atoms in total. The van der Waals surface area contributed by atoms with Crippen molar-refractivity contribution in [3.63, 3.8) is 0 Å². The zero-order valence-electron chi connectivity index (χ0n) is 15.9. The Morgan fingerprint density at radius 1 is 1.17 bits per heavy atom. The van der Waals surface area contributed by atoms with E-state index >= 15 is 0 Å². The number of amides is 2. The largest absolute Gasteiger partial charge is 0.354 e. The number of fused-ring (bicyclic) bond motifs is 1. The number of benzene rings is 2. The molecule has 2 amide bonds. The van der Waals surface area contributed by atoms with Crippen LogP contribution in [-0.4, -0.2) is 29.4 Å². The number of hydrogen-bond acceptors (Lipinski definition) is 2. The van der Waals surface area contributed by atoms with E-state index in [4.69, 9.17) is 0 Å². The van der Waals surface area contributed by atoms with Crippen molar-refractivity contribution >= 4 is 22.7 Å². The van der Waals surface area contributed by atoms with Crippen LogP contribution in [0.15, 0.2) is 36.4 Å². The lowest BCUT2D eigenvalue weighted by Gasteiger charge is -2.10. The van der Waals surface area contributed by atoms with Gasteiger partial charge in [-0.2, -0.15) is 0 Å². The van der Waals surface area contributed by atoms with Crippen molar-refractivity contribution in [2.75, 3.05) is 6.54 Å². The summed E-state index contributed by atoms with van der Waals surface area (Å²) in [7, 11) is 0. The summed E-state index contributed by atoms with van der Waals surface area (Å²) in [6.07, 6.45) is 1.08.